The summed E-state index contributed by atoms with van der Waals surface area (Å²) < 4.78 is 24.5. The van der Waals surface area contributed by atoms with Crippen molar-refractivity contribution >= 4 is 99.5 Å². The number of hydrogen-bond acceptors (Lipinski definition) is 22. The van der Waals surface area contributed by atoms with Crippen molar-refractivity contribution in [3.05, 3.63) is 0 Å². The van der Waals surface area contributed by atoms with E-state index in [0.29, 0.717) is 6.42 Å². The number of nitrogens with zero attached hydrogens (tertiary/aromatic N) is 1. The zero-order valence-corrected chi connectivity index (χ0v) is 49.7. The quantitative estimate of drug-likeness (QED) is 0.0278. The van der Waals surface area contributed by atoms with E-state index in [0.717, 1.165) is 11.8 Å². The number of primary amides is 2. The van der Waals surface area contributed by atoms with Crippen LogP contribution in [0.25, 0.3) is 0 Å². The van der Waals surface area contributed by atoms with Gasteiger partial charge in [0.15, 0.2) is 12.6 Å². The first kappa shape index (κ1) is 72.8. The number of nitrogens with one attached hydrogen (secondary N) is 9. The lowest BCUT2D eigenvalue weighted by Gasteiger charge is -2.49. The van der Waals surface area contributed by atoms with E-state index in [9.17, 15) is 83.4 Å². The number of amides is 10. The number of aliphatic hydroxyl groups is 5. The van der Waals surface area contributed by atoms with Crippen molar-refractivity contribution in [1.82, 2.24) is 52.8 Å². The van der Waals surface area contributed by atoms with Crippen LogP contribution in [0.4, 0.5) is 0 Å². The summed E-state index contributed by atoms with van der Waals surface area (Å²) in [7, 11) is 0. The first-order valence-corrected chi connectivity index (χ1v) is 28.2. The maximum atomic E-state index is 14.5. The summed E-state index contributed by atoms with van der Waals surface area (Å²) in [4.78, 5) is 145. The molecule has 0 aromatic heterocycles. The van der Waals surface area contributed by atoms with Crippen LogP contribution in [0.5, 0.6) is 0 Å². The molecular formula is C50H82N12O21S2. The van der Waals surface area contributed by atoms with E-state index < -0.39 is 214 Å². The van der Waals surface area contributed by atoms with Crippen molar-refractivity contribution in [2.45, 2.75) is 197 Å². The zero-order chi connectivity index (χ0) is 64.2. The summed E-state index contributed by atoms with van der Waals surface area (Å²) in [6.45, 7) is 6.89. The molecule has 10 amide bonds. The minimum Gasteiger partial charge on any atom is -0.481 e. The van der Waals surface area contributed by atoms with Gasteiger partial charge in [0.05, 0.1) is 42.4 Å². The molecule has 0 saturated carbocycles. The van der Waals surface area contributed by atoms with E-state index in [4.69, 9.17) is 54.9 Å². The van der Waals surface area contributed by atoms with Gasteiger partial charge in [-0.25, -0.2) is 0 Å². The minimum absolute atomic E-state index is 0.00856. The summed E-state index contributed by atoms with van der Waals surface area (Å²) in [5.74, 6) is -10.6. The SMILES string of the molecule is CC(=O)N[C@@H](CCC(=O)O)C(=O)N[C@@H](CC(C)C)C(=O)N[C@@H](C)C(=O)N[C@@H](CCC(N)=O)C(=O)N[C@H](C(=O)NCC(=O)N1CCC[C@H]1C(=O)NCC(N)=O)[C@@H](C)O[C@H]1O[C@H](CO)[C@H](O)[C@H](O[C@H]2O[C@H](CO)[C@H](O)[C@H](O)[C@H]2NC(C)=S)[C@H]1NC(C)=S. The van der Waals surface area contributed by atoms with Gasteiger partial charge >= 0.3 is 5.97 Å². The second-order valence-corrected chi connectivity index (χ2v) is 22.3. The number of nitrogens with two attached hydrogens (primary N) is 2. The first-order chi connectivity index (χ1) is 39.8. The average molecular weight is 1250 g/mol. The topological polar surface area (TPSA) is 510 Å². The second kappa shape index (κ2) is 34.7. The van der Waals surface area contributed by atoms with Gasteiger partial charge in [-0.05, 0) is 65.7 Å². The standard InChI is InChI=1S/C50H82N12O21S2/c1-20(2)15-28(60-44(75)26(56-23(5)65)11-13-35(69)70)46(77)55-21(3)43(74)59-27(10-12-32(51)66)45(76)61-36(48(79)54-17-34(68)62-14-8-9-29(62)47(78)53-16-33(52)67)22(4)80-50-38(58-25(7)85)42(40(72)31(19-64)82-50)83-49-37(57-24(6)84)41(73)39(71)30(18-63)81-49/h20-22,26-31,36-42,49-50,63-64,71-73H,8-19H2,1-7H3,(H2,51,66)(H2,52,67)(H,53,78)(H,54,79)(H,55,77)(H,56,65)(H,57,84)(H,58,85)(H,59,74)(H,60,75)(H,61,76)(H,69,70)/t21-,22+,26-,27-,28-,29-,30+,31+,36-,37+,38+,39-,40-,41+,42+,49+,50-/m0/s1. The number of ether oxygens (including phenoxy) is 4. The Bertz CT molecular complexity index is 2410. The molecule has 0 unspecified atom stereocenters. The number of carbonyl (C=O) groups is 11. The smallest absolute Gasteiger partial charge is 0.303 e. The third-order valence-corrected chi connectivity index (χ3v) is 13.9. The monoisotopic (exact) mass is 1250 g/mol. The summed E-state index contributed by atoms with van der Waals surface area (Å²) in [5.41, 5.74) is 10.6. The molecular weight excluding hydrogens is 1170 g/mol. The van der Waals surface area contributed by atoms with Gasteiger partial charge in [-0.1, -0.05) is 38.3 Å². The molecule has 3 aliphatic rings. The first-order valence-electron chi connectivity index (χ1n) is 27.3. The highest BCUT2D eigenvalue weighted by atomic mass is 32.1. The number of carboxylic acid groups (broad SMARTS) is 1. The number of aliphatic carboxylic acids is 1. The van der Waals surface area contributed by atoms with Crippen LogP contribution in [0.1, 0.15) is 93.4 Å². The van der Waals surface area contributed by atoms with Gasteiger partial charge in [-0.3, -0.25) is 52.7 Å². The molecule has 0 bridgehead atoms. The Morgan fingerprint density at radius 3 is 1.76 bits per heavy atom. The molecule has 3 heterocycles. The Balaban J connectivity index is 2.04. The number of thiocarbonyl (C=S) groups is 2. The molecule has 480 valence electrons. The van der Waals surface area contributed by atoms with Gasteiger partial charge in [0.2, 0.25) is 59.1 Å². The Morgan fingerprint density at radius 2 is 1.20 bits per heavy atom. The van der Waals surface area contributed by atoms with Crippen molar-refractivity contribution < 1.29 is 102 Å². The number of aliphatic hydroxyl groups excluding tert-OH is 5. The van der Waals surface area contributed by atoms with Crippen molar-refractivity contribution in [3.63, 3.8) is 0 Å². The Morgan fingerprint density at radius 1 is 0.647 bits per heavy atom. The molecule has 3 rings (SSSR count). The average Bonchev–Trinajstić information content (AvgIpc) is 4.15. The molecule has 0 spiro atoms. The van der Waals surface area contributed by atoms with Crippen molar-refractivity contribution in [2.24, 2.45) is 17.4 Å². The normalized spacial score (nSPS) is 25.9. The van der Waals surface area contributed by atoms with E-state index in [1.165, 1.54) is 27.7 Å². The highest BCUT2D eigenvalue weighted by Crippen LogP contribution is 2.31. The van der Waals surface area contributed by atoms with E-state index in [1.807, 2.05) is 0 Å². The molecule has 3 fully saturated rings. The molecule has 35 heteroatoms. The molecule has 0 aliphatic carbocycles. The fraction of sp³-hybridized carbons (Fsp3) is 0.740. The Labute approximate surface area is 500 Å². The molecule has 17 atom stereocenters. The highest BCUT2D eigenvalue weighted by molar-refractivity contribution is 7.80. The van der Waals surface area contributed by atoms with Gasteiger partial charge in [0, 0.05) is 26.3 Å². The van der Waals surface area contributed by atoms with Crippen LogP contribution in [0.3, 0.4) is 0 Å². The summed E-state index contributed by atoms with van der Waals surface area (Å²) >= 11 is 10.6. The third kappa shape index (κ3) is 22.8. The van der Waals surface area contributed by atoms with Crippen LogP contribution in [0, 0.1) is 5.92 Å². The molecule has 3 saturated heterocycles. The molecule has 0 aromatic rings. The molecule has 3 aliphatic heterocycles. The van der Waals surface area contributed by atoms with Crippen LogP contribution in [0.15, 0.2) is 0 Å². The summed E-state index contributed by atoms with van der Waals surface area (Å²) in [6.07, 6.45) is -16.1. The fourth-order valence-corrected chi connectivity index (χ4v) is 9.68. The number of hydrogen-bond donors (Lipinski definition) is 17. The summed E-state index contributed by atoms with van der Waals surface area (Å²) in [5, 5.41) is 85.8. The maximum absolute atomic E-state index is 14.5. The van der Waals surface area contributed by atoms with Crippen LogP contribution in [-0.4, -0.2) is 247 Å². The van der Waals surface area contributed by atoms with Gasteiger partial charge in [-0.2, -0.15) is 0 Å². The largest absolute Gasteiger partial charge is 0.481 e. The molecule has 0 radical (unpaired) electrons. The van der Waals surface area contributed by atoms with Crippen LogP contribution in [0.2, 0.25) is 0 Å². The number of likely N-dealkylation sites (tertiary alicyclic amines) is 1. The lowest BCUT2D eigenvalue weighted by molar-refractivity contribution is -0.331. The van der Waals surface area contributed by atoms with Gasteiger partial charge in [0.25, 0.3) is 0 Å². The third-order valence-electron chi connectivity index (χ3n) is 13.6. The van der Waals surface area contributed by atoms with E-state index in [-0.39, 0.29) is 41.7 Å². The van der Waals surface area contributed by atoms with Gasteiger partial charge < -0.3 is 114 Å². The highest BCUT2D eigenvalue weighted by Gasteiger charge is 2.53. The van der Waals surface area contributed by atoms with E-state index >= 15 is 0 Å². The number of carboxylic acids is 1. The lowest BCUT2D eigenvalue weighted by atomic mass is 9.94. The minimum atomic E-state index is -1.93. The van der Waals surface area contributed by atoms with Gasteiger partial charge in [-0.15, -0.1) is 0 Å². The Hall–Kier alpha value is -6.41. The predicted molar refractivity (Wildman–Crippen MR) is 301 cm³/mol. The summed E-state index contributed by atoms with van der Waals surface area (Å²) in [6, 6.07) is -11.7. The maximum Gasteiger partial charge on any atom is 0.303 e. The van der Waals surface area contributed by atoms with Crippen molar-refractivity contribution in [2.75, 3.05) is 32.8 Å². The van der Waals surface area contributed by atoms with Crippen molar-refractivity contribution in [1.29, 1.82) is 0 Å². The Kier molecular flexibility index (Phi) is 29.7. The fourth-order valence-electron chi connectivity index (χ4n) is 9.41. The van der Waals surface area contributed by atoms with Crippen LogP contribution in [-0.2, 0) is 71.7 Å². The molecule has 19 N–H and O–H groups in total. The van der Waals surface area contributed by atoms with E-state index in [2.05, 4.69) is 47.9 Å². The zero-order valence-electron chi connectivity index (χ0n) is 48.1. The number of carbonyl (C=O) groups excluding carboxylic acids is 10. The predicted octanol–water partition coefficient (Wildman–Crippen LogP) is -7.75. The van der Waals surface area contributed by atoms with Crippen LogP contribution >= 0.6 is 24.4 Å². The molecule has 0 aromatic carbocycles. The van der Waals surface area contributed by atoms with Crippen molar-refractivity contribution in [3.8, 4) is 0 Å². The van der Waals surface area contributed by atoms with Crippen LogP contribution < -0.4 is 59.3 Å². The molecule has 33 nitrogen and oxygen atoms in total. The number of rotatable bonds is 32. The van der Waals surface area contributed by atoms with E-state index in [1.54, 1.807) is 13.8 Å². The lowest BCUT2D eigenvalue weighted by Crippen LogP contribution is -2.70. The van der Waals surface area contributed by atoms with Gasteiger partial charge in [0.1, 0.15) is 85.0 Å². The second-order valence-electron chi connectivity index (χ2n) is 21.1. The molecule has 85 heavy (non-hydrogen) atoms.